The van der Waals surface area contributed by atoms with Crippen molar-refractivity contribution in [1.29, 1.82) is 0 Å². The zero-order valence-electron chi connectivity index (χ0n) is 13.1. The minimum absolute atomic E-state index is 0.0745. The third kappa shape index (κ3) is 3.22. The number of aldehydes is 1. The van der Waals surface area contributed by atoms with Crippen LogP contribution in [0.2, 0.25) is 0 Å². The molecule has 3 aromatic rings. The highest BCUT2D eigenvalue weighted by atomic mass is 79.9. The van der Waals surface area contributed by atoms with Gasteiger partial charge in [-0.2, -0.15) is 0 Å². The summed E-state index contributed by atoms with van der Waals surface area (Å²) in [6.07, 6.45) is 0.610. The summed E-state index contributed by atoms with van der Waals surface area (Å²) in [6.45, 7) is 1.81. The quantitative estimate of drug-likeness (QED) is 0.644. The fourth-order valence-corrected chi connectivity index (χ4v) is 4.17. The van der Waals surface area contributed by atoms with E-state index in [-0.39, 0.29) is 10.5 Å². The summed E-state index contributed by atoms with van der Waals surface area (Å²) in [5.74, 6) is -0.432. The van der Waals surface area contributed by atoms with E-state index < -0.39 is 15.8 Å². The van der Waals surface area contributed by atoms with E-state index in [0.717, 1.165) is 5.56 Å². The van der Waals surface area contributed by atoms with Crippen molar-refractivity contribution in [3.8, 4) is 11.1 Å². The SMILES string of the molecule is Cc1ccc(S(N)(=O)=O)c(-c2cc3ccc(F)cc3c(Br)c2C=O)c1. The molecule has 0 atom stereocenters. The first-order chi connectivity index (χ1) is 11.7. The zero-order chi connectivity index (χ0) is 18.4. The standard InChI is InChI=1S/C18H13BrFNO3S/c1-10-2-5-17(25(21,23)24)15(6-10)14-7-11-3-4-12(20)8-13(11)18(19)16(14)9-22/h2-9H,1H3,(H2,21,23,24). The molecule has 3 rings (SSSR count). The molecule has 0 unspecified atom stereocenters. The van der Waals surface area contributed by atoms with E-state index in [1.807, 2.05) is 6.92 Å². The van der Waals surface area contributed by atoms with Crippen molar-refractivity contribution in [3.63, 3.8) is 0 Å². The molecule has 3 aromatic carbocycles. The summed E-state index contributed by atoms with van der Waals surface area (Å²) >= 11 is 3.34. The maximum atomic E-state index is 13.5. The molecule has 0 aliphatic heterocycles. The van der Waals surface area contributed by atoms with Crippen LogP contribution in [-0.4, -0.2) is 14.7 Å². The number of benzene rings is 3. The van der Waals surface area contributed by atoms with Crippen LogP contribution in [0.3, 0.4) is 0 Å². The highest BCUT2D eigenvalue weighted by Crippen LogP contribution is 2.38. The van der Waals surface area contributed by atoms with Crippen molar-refractivity contribution in [2.24, 2.45) is 5.14 Å². The normalized spacial score (nSPS) is 11.7. The summed E-state index contributed by atoms with van der Waals surface area (Å²) in [5, 5.41) is 6.52. The maximum absolute atomic E-state index is 13.5. The fourth-order valence-electron chi connectivity index (χ4n) is 2.78. The Balaban J connectivity index is 2.47. The van der Waals surface area contributed by atoms with Crippen LogP contribution in [0.15, 0.2) is 51.8 Å². The minimum Gasteiger partial charge on any atom is -0.298 e. The third-order valence-corrected chi connectivity index (χ3v) is 5.75. The lowest BCUT2D eigenvalue weighted by molar-refractivity contribution is 0.112. The Bertz CT molecular complexity index is 1130. The second kappa shape index (κ2) is 6.33. The first-order valence-corrected chi connectivity index (χ1v) is 9.57. The van der Waals surface area contributed by atoms with Crippen molar-refractivity contribution in [1.82, 2.24) is 0 Å². The number of nitrogens with two attached hydrogens (primary N) is 1. The molecule has 2 N–H and O–H groups in total. The Hall–Kier alpha value is -2.09. The molecule has 0 spiro atoms. The van der Waals surface area contributed by atoms with E-state index in [2.05, 4.69) is 15.9 Å². The van der Waals surface area contributed by atoms with E-state index >= 15 is 0 Å². The van der Waals surface area contributed by atoms with Gasteiger partial charge in [0.2, 0.25) is 10.0 Å². The number of fused-ring (bicyclic) bond motifs is 1. The lowest BCUT2D eigenvalue weighted by atomic mass is 9.95. The molecule has 0 amide bonds. The van der Waals surface area contributed by atoms with E-state index in [0.29, 0.717) is 32.7 Å². The Morgan fingerprint density at radius 2 is 1.80 bits per heavy atom. The number of aryl methyl sites for hydroxylation is 1. The number of primary sulfonamides is 1. The van der Waals surface area contributed by atoms with Gasteiger partial charge in [0.1, 0.15) is 5.82 Å². The summed E-state index contributed by atoms with van der Waals surface area (Å²) in [7, 11) is -3.99. The van der Waals surface area contributed by atoms with Crippen LogP contribution in [0.4, 0.5) is 4.39 Å². The van der Waals surface area contributed by atoms with Gasteiger partial charge in [-0.25, -0.2) is 17.9 Å². The van der Waals surface area contributed by atoms with Crippen LogP contribution in [-0.2, 0) is 10.0 Å². The molecule has 0 radical (unpaired) electrons. The predicted octanol–water partition coefficient (Wildman–Crippen LogP) is 4.18. The van der Waals surface area contributed by atoms with Crippen LogP contribution < -0.4 is 5.14 Å². The molecule has 7 heteroatoms. The van der Waals surface area contributed by atoms with Gasteiger partial charge in [-0.15, -0.1) is 0 Å². The van der Waals surface area contributed by atoms with E-state index in [1.54, 1.807) is 24.3 Å². The van der Waals surface area contributed by atoms with Gasteiger partial charge in [0.05, 0.1) is 4.90 Å². The van der Waals surface area contributed by atoms with Gasteiger partial charge in [-0.3, -0.25) is 4.79 Å². The average molecular weight is 422 g/mol. The Kier molecular flexibility index (Phi) is 4.49. The third-order valence-electron chi connectivity index (χ3n) is 3.93. The molecule has 128 valence electrons. The van der Waals surface area contributed by atoms with Gasteiger partial charge in [0.15, 0.2) is 6.29 Å². The molecule has 0 saturated heterocycles. The van der Waals surface area contributed by atoms with E-state index in [1.165, 1.54) is 18.2 Å². The van der Waals surface area contributed by atoms with Crippen LogP contribution in [0.1, 0.15) is 15.9 Å². The van der Waals surface area contributed by atoms with Crippen LogP contribution >= 0.6 is 15.9 Å². The van der Waals surface area contributed by atoms with Gasteiger partial charge < -0.3 is 0 Å². The van der Waals surface area contributed by atoms with E-state index in [9.17, 15) is 17.6 Å². The molecule has 0 bridgehead atoms. The van der Waals surface area contributed by atoms with Crippen LogP contribution in [0.25, 0.3) is 21.9 Å². The largest absolute Gasteiger partial charge is 0.298 e. The number of sulfonamides is 1. The van der Waals surface area contributed by atoms with Crippen molar-refractivity contribution < 1.29 is 17.6 Å². The highest BCUT2D eigenvalue weighted by Gasteiger charge is 2.20. The number of halogens is 2. The summed E-state index contributed by atoms with van der Waals surface area (Å²) in [6, 6.07) is 10.5. The smallest absolute Gasteiger partial charge is 0.238 e. The van der Waals surface area contributed by atoms with Gasteiger partial charge >= 0.3 is 0 Å². The molecule has 0 aliphatic rings. The van der Waals surface area contributed by atoms with Crippen LogP contribution in [0.5, 0.6) is 0 Å². The molecule has 0 aliphatic carbocycles. The Labute approximate surface area is 152 Å². The molecule has 0 saturated carbocycles. The number of hydrogen-bond acceptors (Lipinski definition) is 3. The zero-order valence-corrected chi connectivity index (χ0v) is 15.5. The molecular weight excluding hydrogens is 409 g/mol. The number of hydrogen-bond donors (Lipinski definition) is 1. The molecule has 0 fully saturated rings. The molecule has 0 aromatic heterocycles. The van der Waals surface area contributed by atoms with Crippen molar-refractivity contribution in [2.45, 2.75) is 11.8 Å². The molecule has 4 nitrogen and oxygen atoms in total. The van der Waals surface area contributed by atoms with Gasteiger partial charge in [0, 0.05) is 15.6 Å². The second-order valence-corrected chi connectivity index (χ2v) is 8.00. The van der Waals surface area contributed by atoms with Crippen molar-refractivity contribution in [2.75, 3.05) is 0 Å². The van der Waals surface area contributed by atoms with Gasteiger partial charge in [0.25, 0.3) is 0 Å². The maximum Gasteiger partial charge on any atom is 0.238 e. The topological polar surface area (TPSA) is 77.2 Å². The molecule has 25 heavy (non-hydrogen) atoms. The molecule has 0 heterocycles. The monoisotopic (exact) mass is 421 g/mol. The lowest BCUT2D eigenvalue weighted by Crippen LogP contribution is -2.14. The summed E-state index contributed by atoms with van der Waals surface area (Å²) in [4.78, 5) is 11.6. The van der Waals surface area contributed by atoms with Crippen molar-refractivity contribution in [3.05, 3.63) is 63.9 Å². The minimum atomic E-state index is -3.99. The fraction of sp³-hybridized carbons (Fsp3) is 0.0556. The number of rotatable bonds is 3. The average Bonchev–Trinajstić information content (AvgIpc) is 2.54. The summed E-state index contributed by atoms with van der Waals surface area (Å²) in [5.41, 5.74) is 1.79. The second-order valence-electron chi connectivity index (χ2n) is 5.68. The lowest BCUT2D eigenvalue weighted by Gasteiger charge is -2.14. The Morgan fingerprint density at radius 1 is 1.08 bits per heavy atom. The van der Waals surface area contributed by atoms with Crippen molar-refractivity contribution >= 4 is 43.0 Å². The van der Waals surface area contributed by atoms with Crippen LogP contribution in [0, 0.1) is 12.7 Å². The van der Waals surface area contributed by atoms with E-state index in [4.69, 9.17) is 5.14 Å². The molecular formula is C18H13BrFNO3S. The Morgan fingerprint density at radius 3 is 2.44 bits per heavy atom. The number of carbonyl (C=O) groups excluding carboxylic acids is 1. The predicted molar refractivity (Wildman–Crippen MR) is 98.5 cm³/mol. The summed E-state index contributed by atoms with van der Waals surface area (Å²) < 4.78 is 37.9. The first-order valence-electron chi connectivity index (χ1n) is 7.23. The number of carbonyl (C=O) groups is 1. The van der Waals surface area contributed by atoms with Gasteiger partial charge in [-0.1, -0.05) is 23.8 Å². The highest BCUT2D eigenvalue weighted by molar-refractivity contribution is 9.10. The first kappa shape index (κ1) is 17.7. The van der Waals surface area contributed by atoms with Gasteiger partial charge in [-0.05, 0) is 63.5 Å².